The minimum Gasteiger partial charge on any atom is -0.494 e. The standard InChI is InChI=1S/C43H36F2N2O7/c1-50-38-9-7-24(20-35(38)44)28-15-26-11-13-52-40(26)33(18-28)42(48)47-31(17-30-22-46-37-6-4-3-5-32(30)37)23-54-43(49)34-19-29(16-27-12-14-53-41(27)34)25-8-10-39(51-2)36(45)21-25/h3-10,15-16,18-22,31,46H,11-14,17,23H2,1-2H3,(H,47,48)/t31-/m1/s1. The number of carbonyl (C=O) groups excluding carboxylic acids is 2. The number of hydrogen-bond donors (Lipinski definition) is 2. The molecule has 0 aliphatic carbocycles. The highest BCUT2D eigenvalue weighted by atomic mass is 19.1. The lowest BCUT2D eigenvalue weighted by Gasteiger charge is -2.20. The Labute approximate surface area is 309 Å². The van der Waals surface area contributed by atoms with Crippen molar-refractivity contribution < 1.29 is 42.1 Å². The third-order valence-corrected chi connectivity index (χ3v) is 9.89. The molecule has 11 heteroatoms. The maximum atomic E-state index is 14.7. The zero-order chi connectivity index (χ0) is 37.3. The first-order valence-corrected chi connectivity index (χ1v) is 17.6. The molecule has 2 aliphatic heterocycles. The molecule has 5 aromatic carbocycles. The molecule has 54 heavy (non-hydrogen) atoms. The second-order valence-corrected chi connectivity index (χ2v) is 13.3. The maximum absolute atomic E-state index is 14.7. The summed E-state index contributed by atoms with van der Waals surface area (Å²) in [5, 5.41) is 4.07. The summed E-state index contributed by atoms with van der Waals surface area (Å²) in [5.74, 6) is -0.993. The summed E-state index contributed by atoms with van der Waals surface area (Å²) in [6, 6.07) is 23.5. The van der Waals surface area contributed by atoms with Crippen LogP contribution in [0.25, 0.3) is 33.2 Å². The molecule has 274 valence electrons. The number of carbonyl (C=O) groups is 2. The molecule has 1 amide bonds. The third-order valence-electron chi connectivity index (χ3n) is 9.89. The van der Waals surface area contributed by atoms with Crippen molar-refractivity contribution in [3.05, 3.63) is 131 Å². The summed E-state index contributed by atoms with van der Waals surface area (Å²) in [6.07, 6.45) is 3.38. The molecule has 1 atom stereocenters. The van der Waals surface area contributed by atoms with Gasteiger partial charge in [-0.05, 0) is 100.0 Å². The van der Waals surface area contributed by atoms with Crippen molar-refractivity contribution in [1.82, 2.24) is 10.3 Å². The number of esters is 1. The predicted molar refractivity (Wildman–Crippen MR) is 199 cm³/mol. The fraction of sp³-hybridized carbons (Fsp3) is 0.209. The average molecular weight is 731 g/mol. The van der Waals surface area contributed by atoms with Crippen LogP contribution in [0.5, 0.6) is 23.0 Å². The van der Waals surface area contributed by atoms with E-state index in [-0.39, 0.29) is 29.2 Å². The van der Waals surface area contributed by atoms with Gasteiger partial charge in [-0.1, -0.05) is 30.3 Å². The fourth-order valence-corrected chi connectivity index (χ4v) is 7.20. The molecule has 2 N–H and O–H groups in total. The molecule has 0 radical (unpaired) electrons. The van der Waals surface area contributed by atoms with Gasteiger partial charge in [0, 0.05) is 29.9 Å². The molecule has 0 fully saturated rings. The first kappa shape index (κ1) is 34.7. The summed E-state index contributed by atoms with van der Waals surface area (Å²) in [7, 11) is 2.80. The van der Waals surface area contributed by atoms with Gasteiger partial charge in [0.05, 0.1) is 39.0 Å². The monoisotopic (exact) mass is 730 g/mol. The van der Waals surface area contributed by atoms with E-state index in [0.717, 1.165) is 27.6 Å². The Hall–Kier alpha value is -6.36. The number of benzene rings is 5. The molecule has 0 unspecified atom stereocenters. The van der Waals surface area contributed by atoms with E-state index in [0.29, 0.717) is 66.2 Å². The number of halogens is 2. The van der Waals surface area contributed by atoms with Crippen LogP contribution in [0.1, 0.15) is 37.4 Å². The number of para-hydroxylation sites is 1. The van der Waals surface area contributed by atoms with Gasteiger partial charge >= 0.3 is 5.97 Å². The molecular formula is C43H36F2N2O7. The highest BCUT2D eigenvalue weighted by molar-refractivity contribution is 5.99. The fourth-order valence-electron chi connectivity index (χ4n) is 7.20. The van der Waals surface area contributed by atoms with E-state index in [4.69, 9.17) is 23.7 Å². The zero-order valence-corrected chi connectivity index (χ0v) is 29.6. The summed E-state index contributed by atoms with van der Waals surface area (Å²) in [6.45, 7) is 0.623. The van der Waals surface area contributed by atoms with Crippen LogP contribution in [0, 0.1) is 11.6 Å². The number of methoxy groups -OCH3 is 2. The first-order valence-electron chi connectivity index (χ1n) is 17.6. The molecule has 0 spiro atoms. The number of aromatic nitrogens is 1. The Morgan fingerprint density at radius 1 is 0.759 bits per heavy atom. The lowest BCUT2D eigenvalue weighted by Crippen LogP contribution is -2.40. The Morgan fingerprint density at radius 3 is 1.96 bits per heavy atom. The van der Waals surface area contributed by atoms with E-state index < -0.39 is 29.6 Å². The van der Waals surface area contributed by atoms with Crippen LogP contribution in [0.4, 0.5) is 8.78 Å². The number of nitrogens with one attached hydrogen (secondary N) is 2. The maximum Gasteiger partial charge on any atom is 0.342 e. The normalized spacial score (nSPS) is 13.4. The minimum absolute atomic E-state index is 0.115. The van der Waals surface area contributed by atoms with Crippen molar-refractivity contribution in [1.29, 1.82) is 0 Å². The molecule has 1 aromatic heterocycles. The second kappa shape index (κ2) is 14.6. The number of H-pyrrole nitrogens is 1. The topological polar surface area (TPSA) is 108 Å². The van der Waals surface area contributed by atoms with Crippen molar-refractivity contribution in [2.45, 2.75) is 25.3 Å². The van der Waals surface area contributed by atoms with Crippen molar-refractivity contribution in [3.63, 3.8) is 0 Å². The lowest BCUT2D eigenvalue weighted by atomic mass is 9.97. The number of hydrogen-bond acceptors (Lipinski definition) is 7. The van der Waals surface area contributed by atoms with Crippen LogP contribution in [0.3, 0.4) is 0 Å². The van der Waals surface area contributed by atoms with Gasteiger partial charge in [0.1, 0.15) is 23.7 Å². The number of fused-ring (bicyclic) bond motifs is 3. The van der Waals surface area contributed by atoms with E-state index in [2.05, 4.69) is 10.3 Å². The number of ether oxygens (including phenoxy) is 5. The minimum atomic E-state index is -0.673. The predicted octanol–water partition coefficient (Wildman–Crippen LogP) is 7.87. The Morgan fingerprint density at radius 2 is 1.35 bits per heavy atom. The van der Waals surface area contributed by atoms with Crippen LogP contribution in [0.15, 0.2) is 91.1 Å². The van der Waals surface area contributed by atoms with Crippen LogP contribution in [-0.4, -0.2) is 56.9 Å². The van der Waals surface area contributed by atoms with E-state index in [1.54, 1.807) is 30.3 Å². The summed E-state index contributed by atoms with van der Waals surface area (Å²) in [4.78, 5) is 31.4. The SMILES string of the molecule is COc1ccc(-c2cc3c(c(C(=O)N[C@@H](COC(=O)c4cc(-c5ccc(OC)c(F)c5)cc5c4OCC5)Cc4c[nH]c5ccccc45)c2)OCC3)cc1F. The van der Waals surface area contributed by atoms with Gasteiger partial charge in [-0.25, -0.2) is 13.6 Å². The van der Waals surface area contributed by atoms with Crippen molar-refractivity contribution in [3.8, 4) is 45.3 Å². The van der Waals surface area contributed by atoms with E-state index in [1.807, 2.05) is 42.6 Å². The van der Waals surface area contributed by atoms with Gasteiger partial charge in [0.15, 0.2) is 23.1 Å². The average Bonchev–Trinajstić information content (AvgIpc) is 3.96. The zero-order valence-electron chi connectivity index (χ0n) is 29.6. The van der Waals surface area contributed by atoms with Gasteiger partial charge in [-0.2, -0.15) is 0 Å². The van der Waals surface area contributed by atoms with Gasteiger partial charge < -0.3 is 34.0 Å². The number of aromatic amines is 1. The molecule has 0 saturated carbocycles. The molecule has 2 aliphatic rings. The second-order valence-electron chi connectivity index (χ2n) is 13.3. The van der Waals surface area contributed by atoms with E-state index in [1.165, 1.54) is 32.4 Å². The van der Waals surface area contributed by atoms with Gasteiger partial charge in [0.25, 0.3) is 5.91 Å². The quantitative estimate of drug-likeness (QED) is 0.131. The van der Waals surface area contributed by atoms with Crippen LogP contribution < -0.4 is 24.3 Å². The van der Waals surface area contributed by atoms with Crippen LogP contribution >= 0.6 is 0 Å². The summed E-state index contributed by atoms with van der Waals surface area (Å²) in [5.41, 5.74) is 6.41. The number of rotatable bonds is 11. The van der Waals surface area contributed by atoms with Crippen molar-refractivity contribution >= 4 is 22.8 Å². The Kier molecular flexibility index (Phi) is 9.37. The van der Waals surface area contributed by atoms with Crippen LogP contribution in [0.2, 0.25) is 0 Å². The molecular weight excluding hydrogens is 694 g/mol. The highest BCUT2D eigenvalue weighted by Crippen LogP contribution is 2.38. The summed E-state index contributed by atoms with van der Waals surface area (Å²) >= 11 is 0. The summed E-state index contributed by atoms with van der Waals surface area (Å²) < 4.78 is 57.3. The first-order chi connectivity index (χ1) is 26.3. The molecule has 3 heterocycles. The van der Waals surface area contributed by atoms with Gasteiger partial charge in [0.2, 0.25) is 0 Å². The highest BCUT2D eigenvalue weighted by Gasteiger charge is 2.28. The smallest absolute Gasteiger partial charge is 0.342 e. The van der Waals surface area contributed by atoms with Crippen molar-refractivity contribution in [2.75, 3.05) is 34.0 Å². The van der Waals surface area contributed by atoms with Gasteiger partial charge in [-0.15, -0.1) is 0 Å². The molecule has 0 bridgehead atoms. The van der Waals surface area contributed by atoms with Gasteiger partial charge in [-0.3, -0.25) is 4.79 Å². The van der Waals surface area contributed by atoms with Crippen molar-refractivity contribution in [2.24, 2.45) is 0 Å². The Bertz CT molecular complexity index is 2420. The Balaban J connectivity index is 1.09. The lowest BCUT2D eigenvalue weighted by molar-refractivity contribution is 0.0452. The number of amides is 1. The largest absolute Gasteiger partial charge is 0.494 e. The molecule has 6 aromatic rings. The van der Waals surface area contributed by atoms with E-state index >= 15 is 0 Å². The molecule has 8 rings (SSSR count). The van der Waals surface area contributed by atoms with Crippen LogP contribution in [-0.2, 0) is 24.0 Å². The molecule has 9 nitrogen and oxygen atoms in total. The third kappa shape index (κ3) is 6.68. The van der Waals surface area contributed by atoms with E-state index in [9.17, 15) is 18.4 Å². The molecule has 0 saturated heterocycles.